The van der Waals surface area contributed by atoms with Gasteiger partial charge in [-0.3, -0.25) is 9.10 Å². The van der Waals surface area contributed by atoms with Crippen LogP contribution in [0.3, 0.4) is 0 Å². The second-order valence-electron chi connectivity index (χ2n) is 7.46. The second-order valence-corrected chi connectivity index (χ2v) is 10.3. The van der Waals surface area contributed by atoms with Crippen LogP contribution in [0.15, 0.2) is 82.7 Å². The van der Waals surface area contributed by atoms with E-state index in [1.807, 2.05) is 24.3 Å². The molecule has 0 bridgehead atoms. The lowest BCUT2D eigenvalue weighted by molar-refractivity contribution is 0.0998. The molecule has 0 N–H and O–H groups in total. The highest BCUT2D eigenvalue weighted by molar-refractivity contribution is 7.92. The zero-order valence-corrected chi connectivity index (χ0v) is 20.8. The summed E-state index contributed by atoms with van der Waals surface area (Å²) in [5.41, 5.74) is 1.70. The average molecular weight is 506 g/mol. The van der Waals surface area contributed by atoms with Crippen LogP contribution in [0.1, 0.15) is 17.3 Å². The van der Waals surface area contributed by atoms with Gasteiger partial charge in [0.05, 0.1) is 34.5 Å². The van der Waals surface area contributed by atoms with Gasteiger partial charge in [0, 0.05) is 12.1 Å². The predicted molar refractivity (Wildman–Crippen MR) is 138 cm³/mol. The van der Waals surface area contributed by atoms with Gasteiger partial charge >= 0.3 is 0 Å². The molecule has 0 spiro atoms. The smallest absolute Gasteiger partial charge is 0.279 e. The fourth-order valence-corrected chi connectivity index (χ4v) is 6.17. The number of carbonyl (C=O) groups excluding carboxylic acids is 1. The first-order valence-electron chi connectivity index (χ1n) is 10.8. The van der Waals surface area contributed by atoms with Gasteiger partial charge in [-0.1, -0.05) is 35.5 Å². The standard InChI is InChI=1S/C26H23N3O4S2/c1-4-17-28-23-16-13-21(33-3)18-24(23)34-26(28)27-25(30)19-11-14-22(15-12-19)35(31,32)29(5-2)20-9-7-6-8-10-20/h1,6-16,18H,5,17H2,2-3H3. The average Bonchev–Trinajstić information content (AvgIpc) is 3.21. The minimum Gasteiger partial charge on any atom is -0.497 e. The van der Waals surface area contributed by atoms with E-state index < -0.39 is 15.9 Å². The second kappa shape index (κ2) is 10.2. The summed E-state index contributed by atoms with van der Waals surface area (Å²) in [6.07, 6.45) is 5.53. The number of carbonyl (C=O) groups is 1. The normalized spacial score (nSPS) is 11.9. The number of rotatable bonds is 7. The monoisotopic (exact) mass is 505 g/mol. The summed E-state index contributed by atoms with van der Waals surface area (Å²) in [5.74, 6) is 2.79. The number of fused-ring (bicyclic) bond motifs is 1. The highest BCUT2D eigenvalue weighted by atomic mass is 32.2. The van der Waals surface area contributed by atoms with Crippen molar-refractivity contribution < 1.29 is 17.9 Å². The molecule has 0 saturated heterocycles. The third-order valence-electron chi connectivity index (χ3n) is 5.36. The molecule has 3 aromatic carbocycles. The lowest BCUT2D eigenvalue weighted by Gasteiger charge is -2.22. The van der Waals surface area contributed by atoms with Crippen LogP contribution < -0.4 is 13.8 Å². The Bertz CT molecular complexity index is 1580. The minimum absolute atomic E-state index is 0.0936. The number of para-hydroxylation sites is 1. The van der Waals surface area contributed by atoms with Crippen molar-refractivity contribution in [2.45, 2.75) is 18.4 Å². The molecule has 0 unspecified atom stereocenters. The van der Waals surface area contributed by atoms with Gasteiger partial charge in [0.15, 0.2) is 4.80 Å². The number of hydrogen-bond acceptors (Lipinski definition) is 5. The maximum absolute atomic E-state index is 13.2. The summed E-state index contributed by atoms with van der Waals surface area (Å²) in [6, 6.07) is 20.2. The lowest BCUT2D eigenvalue weighted by atomic mass is 10.2. The summed E-state index contributed by atoms with van der Waals surface area (Å²) in [6.45, 7) is 2.30. The molecule has 178 valence electrons. The predicted octanol–water partition coefficient (Wildman–Crippen LogP) is 4.30. The Labute approximate surface area is 208 Å². The molecule has 35 heavy (non-hydrogen) atoms. The molecule has 0 aliphatic rings. The highest BCUT2D eigenvalue weighted by Gasteiger charge is 2.23. The van der Waals surface area contributed by atoms with Gasteiger partial charge in [-0.25, -0.2) is 8.42 Å². The first-order chi connectivity index (χ1) is 16.9. The Kier molecular flexibility index (Phi) is 7.05. The van der Waals surface area contributed by atoms with E-state index in [-0.39, 0.29) is 23.5 Å². The van der Waals surface area contributed by atoms with Gasteiger partial charge in [0.2, 0.25) is 0 Å². The van der Waals surface area contributed by atoms with Crippen molar-refractivity contribution in [3.8, 4) is 18.1 Å². The minimum atomic E-state index is -3.79. The van der Waals surface area contributed by atoms with Crippen LogP contribution in [0.5, 0.6) is 5.75 Å². The van der Waals surface area contributed by atoms with Gasteiger partial charge in [0.25, 0.3) is 15.9 Å². The fraction of sp³-hybridized carbons (Fsp3) is 0.154. The van der Waals surface area contributed by atoms with Crippen LogP contribution in [0, 0.1) is 12.3 Å². The summed E-state index contributed by atoms with van der Waals surface area (Å²) in [4.78, 5) is 17.8. The number of thiazole rings is 1. The van der Waals surface area contributed by atoms with E-state index >= 15 is 0 Å². The van der Waals surface area contributed by atoms with Crippen molar-refractivity contribution >= 4 is 43.2 Å². The molecular weight excluding hydrogens is 482 g/mol. The largest absolute Gasteiger partial charge is 0.497 e. The summed E-state index contributed by atoms with van der Waals surface area (Å²) in [7, 11) is -2.20. The fourth-order valence-electron chi connectivity index (χ4n) is 3.64. The number of anilines is 1. The summed E-state index contributed by atoms with van der Waals surface area (Å²) in [5, 5.41) is 0. The molecule has 1 aromatic heterocycles. The molecule has 0 aliphatic heterocycles. The Morgan fingerprint density at radius 3 is 2.46 bits per heavy atom. The molecular formula is C26H23N3O4S2. The third-order valence-corrected chi connectivity index (χ3v) is 8.32. The van der Waals surface area contributed by atoms with E-state index in [0.29, 0.717) is 16.2 Å². The van der Waals surface area contributed by atoms with E-state index in [1.54, 1.807) is 42.9 Å². The summed E-state index contributed by atoms with van der Waals surface area (Å²) >= 11 is 1.33. The number of ether oxygens (including phenoxy) is 1. The van der Waals surface area contributed by atoms with E-state index in [1.165, 1.54) is 39.9 Å². The number of sulfonamides is 1. The first-order valence-corrected chi connectivity index (χ1v) is 13.0. The van der Waals surface area contributed by atoms with Crippen molar-refractivity contribution in [3.63, 3.8) is 0 Å². The molecule has 7 nitrogen and oxygen atoms in total. The van der Waals surface area contributed by atoms with E-state index in [2.05, 4.69) is 10.9 Å². The molecule has 0 saturated carbocycles. The van der Waals surface area contributed by atoms with Crippen molar-refractivity contribution in [2.24, 2.45) is 4.99 Å². The topological polar surface area (TPSA) is 81.0 Å². The van der Waals surface area contributed by atoms with Crippen LogP contribution in [0.25, 0.3) is 10.2 Å². The number of nitrogens with zero attached hydrogens (tertiary/aromatic N) is 3. The van der Waals surface area contributed by atoms with Gasteiger partial charge in [0.1, 0.15) is 5.75 Å². The van der Waals surface area contributed by atoms with Crippen LogP contribution in [-0.2, 0) is 16.6 Å². The summed E-state index contributed by atoms with van der Waals surface area (Å²) < 4.78 is 35.7. The Morgan fingerprint density at radius 2 is 1.83 bits per heavy atom. The zero-order valence-electron chi connectivity index (χ0n) is 19.2. The third kappa shape index (κ3) is 4.85. The number of hydrogen-bond donors (Lipinski definition) is 0. The zero-order chi connectivity index (χ0) is 25.0. The van der Waals surface area contributed by atoms with Gasteiger partial charge in [-0.15, -0.1) is 6.42 Å². The van der Waals surface area contributed by atoms with E-state index in [4.69, 9.17) is 11.2 Å². The highest BCUT2D eigenvalue weighted by Crippen LogP contribution is 2.25. The number of benzene rings is 3. The maximum Gasteiger partial charge on any atom is 0.279 e. The van der Waals surface area contributed by atoms with Crippen LogP contribution in [0.4, 0.5) is 5.69 Å². The first kappa shape index (κ1) is 24.3. The van der Waals surface area contributed by atoms with Crippen LogP contribution in [-0.4, -0.2) is 32.5 Å². The molecule has 1 heterocycles. The SMILES string of the molecule is C#CCn1c(=NC(=O)c2ccc(S(=O)(=O)N(CC)c3ccccc3)cc2)sc2cc(OC)ccc21. The molecule has 4 aromatic rings. The van der Waals surface area contributed by atoms with Crippen molar-refractivity contribution in [3.05, 3.63) is 83.2 Å². The van der Waals surface area contributed by atoms with Crippen molar-refractivity contribution in [1.82, 2.24) is 4.57 Å². The Balaban J connectivity index is 1.67. The quantitative estimate of drug-likeness (QED) is 0.351. The number of aromatic nitrogens is 1. The Morgan fingerprint density at radius 1 is 1.11 bits per heavy atom. The molecule has 0 atom stereocenters. The molecule has 0 radical (unpaired) electrons. The molecule has 4 rings (SSSR count). The number of terminal acetylenes is 1. The van der Waals surface area contributed by atoms with Crippen molar-refractivity contribution in [1.29, 1.82) is 0 Å². The van der Waals surface area contributed by atoms with Crippen molar-refractivity contribution in [2.75, 3.05) is 18.0 Å². The van der Waals surface area contributed by atoms with Gasteiger partial charge < -0.3 is 9.30 Å². The van der Waals surface area contributed by atoms with Crippen LogP contribution >= 0.6 is 11.3 Å². The van der Waals surface area contributed by atoms with Crippen LogP contribution in [0.2, 0.25) is 0 Å². The molecule has 9 heteroatoms. The van der Waals surface area contributed by atoms with E-state index in [9.17, 15) is 13.2 Å². The Hall–Kier alpha value is -3.87. The molecule has 0 fully saturated rings. The lowest BCUT2D eigenvalue weighted by Crippen LogP contribution is -2.30. The number of amides is 1. The molecule has 0 aliphatic carbocycles. The van der Waals surface area contributed by atoms with E-state index in [0.717, 1.165) is 10.2 Å². The van der Waals surface area contributed by atoms with Gasteiger partial charge in [-0.05, 0) is 61.5 Å². The molecule has 1 amide bonds. The maximum atomic E-state index is 13.2. The number of methoxy groups -OCH3 is 1. The van der Waals surface area contributed by atoms with Gasteiger partial charge in [-0.2, -0.15) is 4.99 Å².